The van der Waals surface area contributed by atoms with Crippen LogP contribution < -0.4 is 5.73 Å². The van der Waals surface area contributed by atoms with Crippen molar-refractivity contribution in [2.45, 2.75) is 19.4 Å². The van der Waals surface area contributed by atoms with Gasteiger partial charge in [-0.05, 0) is 55.8 Å². The van der Waals surface area contributed by atoms with Gasteiger partial charge in [-0.1, -0.05) is 23.7 Å². The molecule has 0 unspecified atom stereocenters. The molecule has 3 aromatic heterocycles. The number of benzene rings is 1. The van der Waals surface area contributed by atoms with Gasteiger partial charge < -0.3 is 10.3 Å². The van der Waals surface area contributed by atoms with Crippen molar-refractivity contribution in [3.8, 4) is 11.1 Å². The van der Waals surface area contributed by atoms with Crippen LogP contribution in [0.2, 0.25) is 5.02 Å². The van der Waals surface area contributed by atoms with E-state index in [1.54, 1.807) is 24.4 Å². The van der Waals surface area contributed by atoms with Crippen LogP contribution in [0, 0.1) is 5.82 Å². The summed E-state index contributed by atoms with van der Waals surface area (Å²) in [5.41, 5.74) is 7.80. The number of carbonyl (C=O) groups is 1. The van der Waals surface area contributed by atoms with Gasteiger partial charge in [0.1, 0.15) is 17.2 Å². The van der Waals surface area contributed by atoms with E-state index < -0.39 is 17.3 Å². The largest absolute Gasteiger partial charge is 0.364 e. The first-order chi connectivity index (χ1) is 13.8. The van der Waals surface area contributed by atoms with E-state index in [-0.39, 0.29) is 10.7 Å². The third kappa shape index (κ3) is 3.25. The number of fused-ring (bicyclic) bond motifs is 1. The number of amides is 1. The summed E-state index contributed by atoms with van der Waals surface area (Å²) in [7, 11) is 0. The van der Waals surface area contributed by atoms with Crippen molar-refractivity contribution in [1.82, 2.24) is 14.5 Å². The maximum Gasteiger partial charge on any atom is 0.267 e. The van der Waals surface area contributed by atoms with Crippen LogP contribution >= 0.6 is 11.6 Å². The molecule has 5 nitrogen and oxygen atoms in total. The summed E-state index contributed by atoms with van der Waals surface area (Å²) in [6, 6.07) is 13.7. The second-order valence-corrected chi connectivity index (χ2v) is 7.65. The van der Waals surface area contributed by atoms with Crippen LogP contribution in [0.5, 0.6) is 0 Å². The van der Waals surface area contributed by atoms with Crippen LogP contribution in [0.25, 0.3) is 22.2 Å². The van der Waals surface area contributed by atoms with Gasteiger partial charge in [-0.3, -0.25) is 9.78 Å². The summed E-state index contributed by atoms with van der Waals surface area (Å²) in [6.07, 6.45) is 3.61. The first kappa shape index (κ1) is 19.1. The van der Waals surface area contributed by atoms with Crippen LogP contribution in [0.15, 0.2) is 60.9 Å². The summed E-state index contributed by atoms with van der Waals surface area (Å²) >= 11 is 5.85. The minimum Gasteiger partial charge on any atom is -0.364 e. The van der Waals surface area contributed by atoms with Gasteiger partial charge in [-0.15, -0.1) is 0 Å². The Kier molecular flexibility index (Phi) is 4.59. The molecule has 1 amide bonds. The Morgan fingerprint density at radius 3 is 2.62 bits per heavy atom. The maximum absolute atomic E-state index is 14.1. The fourth-order valence-electron chi connectivity index (χ4n) is 3.41. The number of halogens is 2. The lowest BCUT2D eigenvalue weighted by Gasteiger charge is -2.27. The smallest absolute Gasteiger partial charge is 0.267 e. The average molecular weight is 409 g/mol. The molecule has 0 saturated carbocycles. The molecular formula is C22H18ClFN4O. The fourth-order valence-corrected chi connectivity index (χ4v) is 3.52. The molecule has 29 heavy (non-hydrogen) atoms. The Morgan fingerprint density at radius 1 is 1.17 bits per heavy atom. The zero-order valence-corrected chi connectivity index (χ0v) is 16.6. The summed E-state index contributed by atoms with van der Waals surface area (Å²) in [4.78, 5) is 20.7. The average Bonchev–Trinajstić information content (AvgIpc) is 3.10. The van der Waals surface area contributed by atoms with E-state index in [4.69, 9.17) is 17.3 Å². The molecule has 0 bridgehead atoms. The molecule has 146 valence electrons. The third-order valence-corrected chi connectivity index (χ3v) is 5.34. The van der Waals surface area contributed by atoms with E-state index in [1.807, 2.05) is 42.8 Å². The molecule has 0 spiro atoms. The Bertz CT molecular complexity index is 1230. The monoisotopic (exact) mass is 408 g/mol. The molecule has 0 aliphatic rings. The second-order valence-electron chi connectivity index (χ2n) is 7.25. The lowest BCUT2D eigenvalue weighted by atomic mass is 9.99. The van der Waals surface area contributed by atoms with Crippen LogP contribution in [0.4, 0.5) is 4.39 Å². The molecule has 0 atom stereocenters. The number of carbonyl (C=O) groups excluding carboxylic acids is 1. The standard InChI is InChI=1S/C22H18ClFN4O/c1-22(2,19-5-3-4-10-26-19)28-12-15(13-6-8-16(23)17(24)11-13)14-7-9-18(20(25)29)27-21(14)28/h3-12H,1-2H3,(H2,25,29). The number of nitrogens with two attached hydrogens (primary N) is 1. The molecule has 0 aliphatic carbocycles. The minimum absolute atomic E-state index is 0.0560. The lowest BCUT2D eigenvalue weighted by molar-refractivity contribution is 0.0996. The van der Waals surface area contributed by atoms with Gasteiger partial charge in [-0.2, -0.15) is 0 Å². The number of rotatable bonds is 4. The summed E-state index contributed by atoms with van der Waals surface area (Å²) in [5, 5.41) is 0.821. The molecule has 3 heterocycles. The molecule has 0 saturated heterocycles. The van der Waals surface area contributed by atoms with Gasteiger partial charge in [0.2, 0.25) is 0 Å². The predicted molar refractivity (Wildman–Crippen MR) is 111 cm³/mol. The molecule has 1 aromatic carbocycles. The van der Waals surface area contributed by atoms with Crippen LogP contribution in [-0.2, 0) is 5.54 Å². The van der Waals surface area contributed by atoms with Crippen molar-refractivity contribution in [2.75, 3.05) is 0 Å². The van der Waals surface area contributed by atoms with E-state index in [0.29, 0.717) is 11.2 Å². The highest BCUT2D eigenvalue weighted by Gasteiger charge is 2.28. The van der Waals surface area contributed by atoms with Crippen molar-refractivity contribution < 1.29 is 9.18 Å². The van der Waals surface area contributed by atoms with E-state index in [2.05, 4.69) is 9.97 Å². The summed E-state index contributed by atoms with van der Waals surface area (Å²) in [5.74, 6) is -1.12. The van der Waals surface area contributed by atoms with E-state index in [9.17, 15) is 9.18 Å². The first-order valence-electron chi connectivity index (χ1n) is 8.98. The molecule has 4 aromatic rings. The number of primary amides is 1. The van der Waals surface area contributed by atoms with E-state index in [0.717, 1.165) is 16.6 Å². The number of hydrogen-bond donors (Lipinski definition) is 1. The number of hydrogen-bond acceptors (Lipinski definition) is 3. The third-order valence-electron chi connectivity index (χ3n) is 5.03. The Labute approximate surface area is 172 Å². The van der Waals surface area contributed by atoms with Gasteiger partial charge in [-0.25, -0.2) is 9.37 Å². The highest BCUT2D eigenvalue weighted by Crippen LogP contribution is 2.36. The van der Waals surface area contributed by atoms with E-state index in [1.165, 1.54) is 12.1 Å². The van der Waals surface area contributed by atoms with E-state index >= 15 is 0 Å². The van der Waals surface area contributed by atoms with Crippen LogP contribution in [0.1, 0.15) is 30.0 Å². The van der Waals surface area contributed by atoms with Gasteiger partial charge in [0.25, 0.3) is 5.91 Å². The summed E-state index contributed by atoms with van der Waals surface area (Å²) in [6.45, 7) is 4.00. The Morgan fingerprint density at radius 2 is 1.97 bits per heavy atom. The molecule has 4 rings (SSSR count). The number of pyridine rings is 2. The Balaban J connectivity index is 2.02. The topological polar surface area (TPSA) is 73.8 Å². The zero-order chi connectivity index (χ0) is 20.8. The SMILES string of the molecule is CC(C)(c1ccccn1)n1cc(-c2ccc(Cl)c(F)c2)c2ccc(C(N)=O)nc21. The van der Waals surface area contributed by atoms with Gasteiger partial charge in [0.15, 0.2) is 0 Å². The number of nitrogens with zero attached hydrogens (tertiary/aromatic N) is 3. The van der Waals surface area contributed by atoms with Crippen LogP contribution in [0.3, 0.4) is 0 Å². The molecule has 0 radical (unpaired) electrons. The molecular weight excluding hydrogens is 391 g/mol. The predicted octanol–water partition coefficient (Wildman–Crippen LogP) is 4.77. The summed E-state index contributed by atoms with van der Waals surface area (Å²) < 4.78 is 16.0. The van der Waals surface area contributed by atoms with Gasteiger partial charge >= 0.3 is 0 Å². The Hall–Kier alpha value is -3.25. The molecule has 2 N–H and O–H groups in total. The molecule has 0 aliphatic heterocycles. The fraction of sp³-hybridized carbons (Fsp3) is 0.136. The van der Waals surface area contributed by atoms with Crippen LogP contribution in [-0.4, -0.2) is 20.4 Å². The van der Waals surface area contributed by atoms with Gasteiger partial charge in [0, 0.05) is 23.3 Å². The van der Waals surface area contributed by atoms with Gasteiger partial charge in [0.05, 0.1) is 16.3 Å². The number of aromatic nitrogens is 3. The highest BCUT2D eigenvalue weighted by molar-refractivity contribution is 6.30. The second kappa shape index (κ2) is 6.97. The zero-order valence-electron chi connectivity index (χ0n) is 15.9. The molecule has 0 fully saturated rings. The van der Waals surface area contributed by atoms with Crippen molar-refractivity contribution >= 4 is 28.5 Å². The quantitative estimate of drug-likeness (QED) is 0.528. The minimum atomic E-state index is -0.616. The van der Waals surface area contributed by atoms with Crippen molar-refractivity contribution in [3.63, 3.8) is 0 Å². The first-order valence-corrected chi connectivity index (χ1v) is 9.36. The highest BCUT2D eigenvalue weighted by atomic mass is 35.5. The van der Waals surface area contributed by atoms with Crippen molar-refractivity contribution in [1.29, 1.82) is 0 Å². The maximum atomic E-state index is 14.1. The molecule has 7 heteroatoms. The van der Waals surface area contributed by atoms with Crippen molar-refractivity contribution in [2.24, 2.45) is 5.73 Å². The lowest BCUT2D eigenvalue weighted by Crippen LogP contribution is -2.28. The van der Waals surface area contributed by atoms with Crippen molar-refractivity contribution in [3.05, 3.63) is 83.2 Å². The normalized spacial score (nSPS) is 11.7.